The Hall–Kier alpha value is -1.37. The Morgan fingerprint density at radius 3 is 2.05 bits per heavy atom. The van der Waals surface area contributed by atoms with Crippen LogP contribution in [0.3, 0.4) is 0 Å². The highest BCUT2D eigenvalue weighted by molar-refractivity contribution is 5.45. The van der Waals surface area contributed by atoms with Gasteiger partial charge in [-0.3, -0.25) is 0 Å². The lowest BCUT2D eigenvalue weighted by molar-refractivity contribution is 0.111. The van der Waals surface area contributed by atoms with Gasteiger partial charge in [0.25, 0.3) is 11.9 Å². The predicted octanol–water partition coefficient (Wildman–Crippen LogP) is 2.60. The van der Waals surface area contributed by atoms with Crippen LogP contribution in [0.25, 0.3) is 0 Å². The summed E-state index contributed by atoms with van der Waals surface area (Å²) in [4.78, 5) is 2.48. The summed E-state index contributed by atoms with van der Waals surface area (Å²) in [7, 11) is 0. The number of rotatable bonds is 3. The molecular weight excluding hydrogens is 264 g/mol. The van der Waals surface area contributed by atoms with Gasteiger partial charge in [0.05, 0.1) is 6.10 Å². The predicted molar refractivity (Wildman–Crippen MR) is 60.5 cm³/mol. The molecule has 1 aliphatic rings. The van der Waals surface area contributed by atoms with Crippen LogP contribution in [0.2, 0.25) is 0 Å². The maximum Gasteiger partial charge on any atom is 0.253 e. The van der Waals surface area contributed by atoms with E-state index in [-0.39, 0.29) is 18.6 Å². The van der Waals surface area contributed by atoms with E-state index in [1.807, 2.05) is 0 Å². The van der Waals surface area contributed by atoms with Gasteiger partial charge in [0.15, 0.2) is 0 Å². The zero-order valence-corrected chi connectivity index (χ0v) is 10.1. The summed E-state index contributed by atoms with van der Waals surface area (Å²) >= 11 is 0. The fourth-order valence-electron chi connectivity index (χ4n) is 2.24. The standard InChI is InChI=1S/C12H14F4N2O/c13-8-10(9(14)12(16)18-11(8)15)17-5-6-1-3-7(19)4-2-6/h6-7,19H,1-5H2,(H,17,18). The van der Waals surface area contributed by atoms with Crippen molar-refractivity contribution in [2.75, 3.05) is 11.9 Å². The fraction of sp³-hybridized carbons (Fsp3) is 0.583. The first-order valence-corrected chi connectivity index (χ1v) is 6.11. The Bertz CT molecular complexity index is 435. The molecule has 0 atom stereocenters. The number of aromatic nitrogens is 1. The van der Waals surface area contributed by atoms with Crippen LogP contribution < -0.4 is 5.32 Å². The highest BCUT2D eigenvalue weighted by Crippen LogP contribution is 2.26. The summed E-state index contributed by atoms with van der Waals surface area (Å²) in [6.45, 7) is 0.198. The summed E-state index contributed by atoms with van der Waals surface area (Å²) in [6.07, 6.45) is 2.31. The molecule has 2 N–H and O–H groups in total. The van der Waals surface area contributed by atoms with E-state index < -0.39 is 29.2 Å². The Balaban J connectivity index is 2.03. The van der Waals surface area contributed by atoms with Gasteiger partial charge in [0, 0.05) is 6.54 Å². The summed E-state index contributed by atoms with van der Waals surface area (Å²) in [5.74, 6) is -6.26. The minimum absolute atomic E-state index is 0.112. The molecule has 0 bridgehead atoms. The van der Waals surface area contributed by atoms with Gasteiger partial charge in [0.2, 0.25) is 11.6 Å². The van der Waals surface area contributed by atoms with E-state index >= 15 is 0 Å². The Morgan fingerprint density at radius 2 is 1.53 bits per heavy atom. The SMILES string of the molecule is OC1CCC(CNc2c(F)c(F)nc(F)c2F)CC1. The lowest BCUT2D eigenvalue weighted by Crippen LogP contribution is -2.24. The molecule has 7 heteroatoms. The number of hydrogen-bond acceptors (Lipinski definition) is 3. The monoisotopic (exact) mass is 278 g/mol. The largest absolute Gasteiger partial charge is 0.393 e. The molecule has 19 heavy (non-hydrogen) atoms. The van der Waals surface area contributed by atoms with Crippen molar-refractivity contribution in [1.29, 1.82) is 0 Å². The van der Waals surface area contributed by atoms with E-state index in [0.717, 1.165) is 0 Å². The molecule has 3 nitrogen and oxygen atoms in total. The van der Waals surface area contributed by atoms with Crippen molar-refractivity contribution >= 4 is 5.69 Å². The molecular formula is C12H14F4N2O. The van der Waals surface area contributed by atoms with Crippen LogP contribution in [-0.2, 0) is 0 Å². The number of nitrogens with zero attached hydrogens (tertiary/aromatic N) is 1. The van der Waals surface area contributed by atoms with Crippen molar-refractivity contribution in [3.63, 3.8) is 0 Å². The molecule has 1 heterocycles. The van der Waals surface area contributed by atoms with Gasteiger partial charge in [-0.25, -0.2) is 0 Å². The number of nitrogens with one attached hydrogen (secondary N) is 1. The average Bonchev–Trinajstić information content (AvgIpc) is 2.38. The van der Waals surface area contributed by atoms with Crippen molar-refractivity contribution in [3.8, 4) is 0 Å². The van der Waals surface area contributed by atoms with E-state index in [9.17, 15) is 22.7 Å². The lowest BCUT2D eigenvalue weighted by Gasteiger charge is -2.25. The van der Waals surface area contributed by atoms with Crippen molar-refractivity contribution in [2.24, 2.45) is 5.92 Å². The highest BCUT2D eigenvalue weighted by atomic mass is 19.2. The molecule has 0 aromatic carbocycles. The van der Waals surface area contributed by atoms with Gasteiger partial charge < -0.3 is 10.4 Å². The summed E-state index contributed by atoms with van der Waals surface area (Å²) in [5, 5.41) is 11.7. The second kappa shape index (κ2) is 5.73. The molecule has 0 saturated heterocycles. The van der Waals surface area contributed by atoms with Crippen molar-refractivity contribution in [2.45, 2.75) is 31.8 Å². The number of aliphatic hydroxyl groups excluding tert-OH is 1. The first kappa shape index (κ1) is 14.0. The lowest BCUT2D eigenvalue weighted by atomic mass is 9.87. The zero-order chi connectivity index (χ0) is 14.0. The van der Waals surface area contributed by atoms with Crippen molar-refractivity contribution in [1.82, 2.24) is 4.98 Å². The molecule has 1 fully saturated rings. The molecule has 2 rings (SSSR count). The van der Waals surface area contributed by atoms with Crippen LogP contribution in [0.4, 0.5) is 23.2 Å². The Labute approximate surface area is 107 Å². The quantitative estimate of drug-likeness (QED) is 0.660. The van der Waals surface area contributed by atoms with Gasteiger partial charge in [-0.15, -0.1) is 0 Å². The van der Waals surface area contributed by atoms with Gasteiger partial charge >= 0.3 is 0 Å². The number of halogens is 4. The molecule has 0 aliphatic heterocycles. The topological polar surface area (TPSA) is 45.1 Å². The Kier molecular flexibility index (Phi) is 4.24. The molecule has 1 aromatic rings. The summed E-state index contributed by atoms with van der Waals surface area (Å²) in [5.41, 5.74) is -0.823. The molecule has 0 radical (unpaired) electrons. The fourth-order valence-corrected chi connectivity index (χ4v) is 2.24. The molecule has 0 spiro atoms. The zero-order valence-electron chi connectivity index (χ0n) is 10.1. The minimum Gasteiger partial charge on any atom is -0.393 e. The molecule has 1 aromatic heterocycles. The second-order valence-electron chi connectivity index (χ2n) is 4.75. The first-order valence-electron chi connectivity index (χ1n) is 6.11. The van der Waals surface area contributed by atoms with E-state index in [4.69, 9.17) is 0 Å². The van der Waals surface area contributed by atoms with Crippen LogP contribution in [0.15, 0.2) is 0 Å². The maximum atomic E-state index is 13.3. The van der Waals surface area contributed by atoms with Crippen LogP contribution in [0, 0.1) is 29.4 Å². The van der Waals surface area contributed by atoms with E-state index in [2.05, 4.69) is 10.3 Å². The number of pyridine rings is 1. The van der Waals surface area contributed by atoms with E-state index in [0.29, 0.717) is 25.7 Å². The first-order chi connectivity index (χ1) is 8.99. The number of aliphatic hydroxyl groups is 1. The molecule has 106 valence electrons. The highest BCUT2D eigenvalue weighted by Gasteiger charge is 2.23. The van der Waals surface area contributed by atoms with Gasteiger partial charge in [0.1, 0.15) is 5.69 Å². The van der Waals surface area contributed by atoms with Gasteiger partial charge in [-0.1, -0.05) is 0 Å². The van der Waals surface area contributed by atoms with Crippen LogP contribution in [-0.4, -0.2) is 22.7 Å². The summed E-state index contributed by atoms with van der Waals surface area (Å²) < 4.78 is 52.4. The second-order valence-corrected chi connectivity index (χ2v) is 4.75. The molecule has 1 saturated carbocycles. The van der Waals surface area contributed by atoms with E-state index in [1.165, 1.54) is 0 Å². The Morgan fingerprint density at radius 1 is 1.00 bits per heavy atom. The van der Waals surface area contributed by atoms with Gasteiger partial charge in [-0.05, 0) is 31.6 Å². The van der Waals surface area contributed by atoms with Crippen LogP contribution in [0.1, 0.15) is 25.7 Å². The van der Waals surface area contributed by atoms with Crippen LogP contribution in [0.5, 0.6) is 0 Å². The van der Waals surface area contributed by atoms with Gasteiger partial charge in [-0.2, -0.15) is 22.5 Å². The minimum atomic E-state index is -1.67. The number of anilines is 1. The third kappa shape index (κ3) is 3.15. The smallest absolute Gasteiger partial charge is 0.253 e. The maximum absolute atomic E-state index is 13.3. The number of hydrogen-bond donors (Lipinski definition) is 2. The van der Waals surface area contributed by atoms with Crippen LogP contribution >= 0.6 is 0 Å². The molecule has 0 amide bonds. The third-order valence-electron chi connectivity index (χ3n) is 3.38. The third-order valence-corrected chi connectivity index (χ3v) is 3.38. The van der Waals surface area contributed by atoms with Crippen molar-refractivity contribution in [3.05, 3.63) is 23.5 Å². The normalized spacial score (nSPS) is 23.4. The summed E-state index contributed by atoms with van der Waals surface area (Å²) in [6, 6.07) is 0. The average molecular weight is 278 g/mol. The molecule has 0 unspecified atom stereocenters. The van der Waals surface area contributed by atoms with Crippen molar-refractivity contribution < 1.29 is 22.7 Å². The van der Waals surface area contributed by atoms with E-state index in [1.54, 1.807) is 0 Å². The molecule has 1 aliphatic carbocycles.